The van der Waals surface area contributed by atoms with Crippen molar-refractivity contribution in [3.63, 3.8) is 0 Å². The number of hydrogen-bond donors (Lipinski definition) is 0. The Labute approximate surface area is 211 Å². The van der Waals surface area contributed by atoms with Crippen molar-refractivity contribution < 1.29 is 27.9 Å². The number of benzene rings is 2. The summed E-state index contributed by atoms with van der Waals surface area (Å²) in [5.74, 6) is -2.90. The number of nitrogens with zero attached hydrogens (tertiary/aromatic N) is 1. The molecule has 36 heavy (non-hydrogen) atoms. The van der Waals surface area contributed by atoms with Gasteiger partial charge in [0.1, 0.15) is 23.6 Å². The Morgan fingerprint density at radius 1 is 1.17 bits per heavy atom. The molecule has 3 aromatic rings. The third-order valence-corrected chi connectivity index (χ3v) is 6.48. The van der Waals surface area contributed by atoms with Crippen LogP contribution in [0.4, 0.5) is 4.39 Å². The van der Waals surface area contributed by atoms with Crippen molar-refractivity contribution in [2.75, 3.05) is 13.1 Å². The molecule has 0 radical (unpaired) electrons. The van der Waals surface area contributed by atoms with E-state index in [1.807, 2.05) is 0 Å². The minimum absolute atomic E-state index is 0.127. The summed E-state index contributed by atoms with van der Waals surface area (Å²) in [5.41, 5.74) is 0.729. The van der Waals surface area contributed by atoms with Crippen LogP contribution in [0.5, 0.6) is 0 Å². The van der Waals surface area contributed by atoms with Gasteiger partial charge >= 0.3 is 11.6 Å². The van der Waals surface area contributed by atoms with E-state index >= 15 is 0 Å². The summed E-state index contributed by atoms with van der Waals surface area (Å²) in [7, 11) is 0. The van der Waals surface area contributed by atoms with E-state index in [-0.39, 0.29) is 29.2 Å². The van der Waals surface area contributed by atoms with Gasteiger partial charge in [-0.1, -0.05) is 23.7 Å². The molecule has 0 saturated carbocycles. The number of likely N-dealkylation sites (tertiary alicyclic amines) is 1. The number of carbonyl (C=O) groups excluding carboxylic acids is 3. The van der Waals surface area contributed by atoms with E-state index in [0.717, 1.165) is 6.07 Å². The molecule has 1 aliphatic heterocycles. The number of aldehydes is 1. The minimum atomic E-state index is -1.14. The summed E-state index contributed by atoms with van der Waals surface area (Å²) >= 11 is 6.21. The molecule has 1 aromatic heterocycles. The molecule has 2 aromatic carbocycles. The zero-order chi connectivity index (χ0) is 26.0. The number of halogens is 2. The van der Waals surface area contributed by atoms with Crippen molar-refractivity contribution in [3.8, 4) is 11.1 Å². The zero-order valence-electron chi connectivity index (χ0n) is 19.8. The van der Waals surface area contributed by atoms with Crippen molar-refractivity contribution in [1.82, 2.24) is 4.90 Å². The van der Waals surface area contributed by atoms with Crippen LogP contribution >= 0.6 is 11.6 Å². The molecule has 1 saturated heterocycles. The van der Waals surface area contributed by atoms with Gasteiger partial charge in [-0.15, -0.1) is 0 Å². The normalized spacial score (nSPS) is 16.7. The predicted octanol–water partition coefficient (Wildman–Crippen LogP) is 4.73. The lowest BCUT2D eigenvalue weighted by Crippen LogP contribution is -2.45. The average molecular weight is 514 g/mol. The standard InChI is InChI=1S/C27H25ClFNO6/c1-15(2)35-27(34)17-4-3-9-30(13-17)26(33)22(14-31)16-5-7-20-21(12-25(32)36-24(20)10-16)19-8-6-18(29)11-23(19)28/h5-8,10-12,14-15,17,22H,3-4,9,13H2,1-2H3/t17-,22?/m0/s1. The number of carbonyl (C=O) groups is 3. The maximum absolute atomic E-state index is 13.5. The maximum atomic E-state index is 13.5. The molecule has 2 atom stereocenters. The third-order valence-electron chi connectivity index (χ3n) is 6.17. The SMILES string of the molecule is CC(C)OC(=O)[C@H]1CCCN(C(=O)C(C=O)c2ccc3c(-c4ccc(F)cc4Cl)cc(=O)oc3c2)C1. The molecular formula is C27H25ClFNO6. The van der Waals surface area contributed by atoms with E-state index in [9.17, 15) is 23.6 Å². The summed E-state index contributed by atoms with van der Waals surface area (Å²) < 4.78 is 24.2. The molecule has 1 unspecified atom stereocenters. The Hall–Kier alpha value is -3.52. The van der Waals surface area contributed by atoms with E-state index in [1.54, 1.807) is 26.0 Å². The summed E-state index contributed by atoms with van der Waals surface area (Å²) in [6, 6.07) is 9.82. The van der Waals surface area contributed by atoms with Crippen LogP contribution in [0.3, 0.4) is 0 Å². The third kappa shape index (κ3) is 5.33. The van der Waals surface area contributed by atoms with Crippen LogP contribution in [0.2, 0.25) is 5.02 Å². The van der Waals surface area contributed by atoms with Gasteiger partial charge in [-0.3, -0.25) is 9.59 Å². The maximum Gasteiger partial charge on any atom is 0.336 e. The van der Waals surface area contributed by atoms with Gasteiger partial charge in [-0.05, 0) is 56.5 Å². The summed E-state index contributed by atoms with van der Waals surface area (Å²) in [6.45, 7) is 4.12. The largest absolute Gasteiger partial charge is 0.463 e. The summed E-state index contributed by atoms with van der Waals surface area (Å²) in [5, 5.41) is 0.640. The number of esters is 1. The van der Waals surface area contributed by atoms with Gasteiger partial charge in [0.15, 0.2) is 0 Å². The monoisotopic (exact) mass is 513 g/mol. The van der Waals surface area contributed by atoms with E-state index in [2.05, 4.69) is 0 Å². The van der Waals surface area contributed by atoms with Crippen molar-refractivity contribution in [3.05, 3.63) is 69.3 Å². The highest BCUT2D eigenvalue weighted by Crippen LogP contribution is 2.34. The minimum Gasteiger partial charge on any atom is -0.463 e. The van der Waals surface area contributed by atoms with Gasteiger partial charge in [0.25, 0.3) is 0 Å². The Morgan fingerprint density at radius 3 is 2.64 bits per heavy atom. The van der Waals surface area contributed by atoms with Crippen LogP contribution in [0.25, 0.3) is 22.1 Å². The second kappa shape index (κ2) is 10.6. The molecule has 1 amide bonds. The number of hydrogen-bond acceptors (Lipinski definition) is 6. The average Bonchev–Trinajstić information content (AvgIpc) is 2.83. The highest BCUT2D eigenvalue weighted by atomic mass is 35.5. The first-order valence-corrected chi connectivity index (χ1v) is 12.0. The smallest absolute Gasteiger partial charge is 0.336 e. The number of piperidine rings is 1. The Kier molecular flexibility index (Phi) is 7.54. The molecule has 1 aliphatic rings. The Bertz CT molecular complexity index is 1380. The van der Waals surface area contributed by atoms with Crippen LogP contribution < -0.4 is 5.63 Å². The Balaban J connectivity index is 1.65. The van der Waals surface area contributed by atoms with Crippen LogP contribution in [-0.4, -0.2) is 42.3 Å². The molecule has 0 bridgehead atoms. The van der Waals surface area contributed by atoms with E-state index in [1.165, 1.54) is 29.2 Å². The molecule has 4 rings (SSSR count). The lowest BCUT2D eigenvalue weighted by atomic mass is 9.93. The first kappa shape index (κ1) is 25.6. The van der Waals surface area contributed by atoms with Gasteiger partial charge in [-0.25, -0.2) is 9.18 Å². The fourth-order valence-electron chi connectivity index (χ4n) is 4.48. The fraction of sp³-hybridized carbons (Fsp3) is 0.333. The Morgan fingerprint density at radius 2 is 1.94 bits per heavy atom. The van der Waals surface area contributed by atoms with Crippen molar-refractivity contribution in [2.45, 2.75) is 38.7 Å². The molecule has 0 N–H and O–H groups in total. The first-order chi connectivity index (χ1) is 17.2. The van der Waals surface area contributed by atoms with Crippen molar-refractivity contribution >= 4 is 40.7 Å². The van der Waals surface area contributed by atoms with Gasteiger partial charge in [-0.2, -0.15) is 0 Å². The van der Waals surface area contributed by atoms with Crippen LogP contribution in [-0.2, 0) is 19.1 Å². The number of amides is 1. The molecule has 0 spiro atoms. The molecule has 1 fully saturated rings. The number of rotatable bonds is 6. The fourth-order valence-corrected chi connectivity index (χ4v) is 4.75. The molecule has 188 valence electrons. The topological polar surface area (TPSA) is 93.9 Å². The van der Waals surface area contributed by atoms with Crippen LogP contribution in [0.15, 0.2) is 51.7 Å². The van der Waals surface area contributed by atoms with Crippen LogP contribution in [0, 0.1) is 11.7 Å². The van der Waals surface area contributed by atoms with Gasteiger partial charge in [0, 0.05) is 35.7 Å². The number of fused-ring (bicyclic) bond motifs is 1. The highest BCUT2D eigenvalue weighted by molar-refractivity contribution is 6.33. The second-order valence-corrected chi connectivity index (χ2v) is 9.49. The van der Waals surface area contributed by atoms with Gasteiger partial charge < -0.3 is 18.8 Å². The molecule has 7 nitrogen and oxygen atoms in total. The number of ether oxygens (including phenoxy) is 1. The first-order valence-electron chi connectivity index (χ1n) is 11.7. The lowest BCUT2D eigenvalue weighted by molar-refractivity contribution is -0.155. The van der Waals surface area contributed by atoms with Crippen molar-refractivity contribution in [2.24, 2.45) is 5.92 Å². The summed E-state index contributed by atoms with van der Waals surface area (Å²) in [4.78, 5) is 51.5. The van der Waals surface area contributed by atoms with E-state index in [4.69, 9.17) is 20.8 Å². The second-order valence-electron chi connectivity index (χ2n) is 9.08. The van der Waals surface area contributed by atoms with Gasteiger partial charge in [0.05, 0.1) is 17.0 Å². The van der Waals surface area contributed by atoms with E-state index < -0.39 is 29.2 Å². The lowest BCUT2D eigenvalue weighted by Gasteiger charge is -2.33. The molecule has 2 heterocycles. The predicted molar refractivity (Wildman–Crippen MR) is 132 cm³/mol. The molecule has 9 heteroatoms. The van der Waals surface area contributed by atoms with Crippen LogP contribution in [0.1, 0.15) is 38.2 Å². The van der Waals surface area contributed by atoms with E-state index in [0.29, 0.717) is 47.7 Å². The molecule has 0 aliphatic carbocycles. The zero-order valence-corrected chi connectivity index (χ0v) is 20.6. The summed E-state index contributed by atoms with van der Waals surface area (Å²) in [6.07, 6.45) is 1.51. The van der Waals surface area contributed by atoms with Crippen molar-refractivity contribution in [1.29, 1.82) is 0 Å². The van der Waals surface area contributed by atoms with Gasteiger partial charge in [0.2, 0.25) is 5.91 Å². The molecular weight excluding hydrogens is 489 g/mol. The quantitative estimate of drug-likeness (QED) is 0.205. The highest BCUT2D eigenvalue weighted by Gasteiger charge is 2.33.